The van der Waals surface area contributed by atoms with Crippen LogP contribution in [0.2, 0.25) is 0 Å². The molecule has 3 amide bonds. The molecule has 31 heavy (non-hydrogen) atoms. The van der Waals surface area contributed by atoms with Gasteiger partial charge in [-0.2, -0.15) is 0 Å². The summed E-state index contributed by atoms with van der Waals surface area (Å²) in [6.07, 6.45) is -2.46. The van der Waals surface area contributed by atoms with Crippen molar-refractivity contribution in [3.8, 4) is 0 Å². The van der Waals surface area contributed by atoms with Crippen molar-refractivity contribution < 1.29 is 34.5 Å². The van der Waals surface area contributed by atoms with E-state index in [-0.39, 0.29) is 6.42 Å². The van der Waals surface area contributed by atoms with Crippen molar-refractivity contribution in [2.45, 2.75) is 63.6 Å². The first-order chi connectivity index (χ1) is 14.4. The third kappa shape index (κ3) is 8.32. The highest BCUT2D eigenvalue weighted by Gasteiger charge is 2.31. The zero-order chi connectivity index (χ0) is 23.7. The number of carboxylic acid groups (broad SMARTS) is 1. The number of hydrogen-bond donors (Lipinski definition) is 7. The standard InChI is InChI=1S/C20H30N4O7/c1-10(17(27)23-14(20(30)31)9-13-7-5-4-6-8-13)22-19(29)16(12(3)26)24-18(28)15(21)11(2)25/h4-8,10-12,14-16,25-26H,9,21H2,1-3H3,(H,22,29)(H,23,27)(H,24,28)(H,30,31). The van der Waals surface area contributed by atoms with Gasteiger partial charge in [-0.05, 0) is 26.3 Å². The van der Waals surface area contributed by atoms with E-state index in [9.17, 15) is 34.5 Å². The van der Waals surface area contributed by atoms with Crippen molar-refractivity contribution in [1.29, 1.82) is 0 Å². The molecule has 0 heterocycles. The first-order valence-electron chi connectivity index (χ1n) is 9.73. The van der Waals surface area contributed by atoms with Gasteiger partial charge in [0, 0.05) is 6.42 Å². The van der Waals surface area contributed by atoms with Gasteiger partial charge >= 0.3 is 5.97 Å². The van der Waals surface area contributed by atoms with Crippen LogP contribution in [-0.4, -0.2) is 75.4 Å². The summed E-state index contributed by atoms with van der Waals surface area (Å²) in [4.78, 5) is 48.3. The van der Waals surface area contributed by atoms with Crippen LogP contribution in [0.1, 0.15) is 26.3 Å². The lowest BCUT2D eigenvalue weighted by molar-refractivity contribution is -0.142. The van der Waals surface area contributed by atoms with Gasteiger partial charge < -0.3 is 37.0 Å². The van der Waals surface area contributed by atoms with Crippen molar-refractivity contribution in [2.75, 3.05) is 0 Å². The number of amides is 3. The predicted octanol–water partition coefficient (Wildman–Crippen LogP) is -2.12. The molecular weight excluding hydrogens is 408 g/mol. The number of nitrogens with one attached hydrogen (secondary N) is 3. The van der Waals surface area contributed by atoms with E-state index in [2.05, 4.69) is 16.0 Å². The van der Waals surface area contributed by atoms with E-state index in [0.29, 0.717) is 5.56 Å². The maximum Gasteiger partial charge on any atom is 0.326 e. The molecule has 0 aliphatic heterocycles. The van der Waals surface area contributed by atoms with Crippen LogP contribution in [0, 0.1) is 0 Å². The Morgan fingerprint density at radius 1 is 0.871 bits per heavy atom. The van der Waals surface area contributed by atoms with E-state index in [1.54, 1.807) is 30.3 Å². The Kier molecular flexibility index (Phi) is 10.1. The number of carboxylic acids is 1. The molecule has 0 bridgehead atoms. The van der Waals surface area contributed by atoms with Gasteiger partial charge in [0.1, 0.15) is 24.2 Å². The Labute approximate surface area is 180 Å². The van der Waals surface area contributed by atoms with Gasteiger partial charge in [-0.3, -0.25) is 14.4 Å². The van der Waals surface area contributed by atoms with Crippen LogP contribution in [0.25, 0.3) is 0 Å². The topological polar surface area (TPSA) is 191 Å². The first-order valence-corrected chi connectivity index (χ1v) is 9.73. The molecule has 0 spiro atoms. The molecule has 8 N–H and O–H groups in total. The minimum Gasteiger partial charge on any atom is -0.480 e. The van der Waals surface area contributed by atoms with E-state index in [0.717, 1.165) is 0 Å². The number of benzene rings is 1. The fourth-order valence-electron chi connectivity index (χ4n) is 2.59. The third-order valence-electron chi connectivity index (χ3n) is 4.53. The average molecular weight is 438 g/mol. The molecule has 0 radical (unpaired) electrons. The van der Waals surface area contributed by atoms with Gasteiger partial charge in [-0.1, -0.05) is 30.3 Å². The summed E-state index contributed by atoms with van der Waals surface area (Å²) in [5.41, 5.74) is 6.22. The Morgan fingerprint density at radius 2 is 1.45 bits per heavy atom. The molecule has 0 saturated heterocycles. The van der Waals surface area contributed by atoms with E-state index < -0.39 is 60.1 Å². The lowest BCUT2D eigenvalue weighted by atomic mass is 10.1. The summed E-state index contributed by atoms with van der Waals surface area (Å²) >= 11 is 0. The van der Waals surface area contributed by atoms with Gasteiger partial charge in [0.2, 0.25) is 17.7 Å². The summed E-state index contributed by atoms with van der Waals surface area (Å²) < 4.78 is 0. The smallest absolute Gasteiger partial charge is 0.326 e. The number of nitrogens with two attached hydrogens (primary N) is 1. The highest BCUT2D eigenvalue weighted by Crippen LogP contribution is 2.04. The van der Waals surface area contributed by atoms with E-state index >= 15 is 0 Å². The van der Waals surface area contributed by atoms with Gasteiger partial charge in [-0.25, -0.2) is 4.79 Å². The van der Waals surface area contributed by atoms with Crippen LogP contribution in [0.4, 0.5) is 0 Å². The maximum atomic E-state index is 12.5. The molecule has 11 heteroatoms. The summed E-state index contributed by atoms with van der Waals surface area (Å²) in [7, 11) is 0. The van der Waals surface area contributed by atoms with Crippen molar-refractivity contribution >= 4 is 23.7 Å². The average Bonchev–Trinajstić information content (AvgIpc) is 2.70. The molecule has 0 aromatic heterocycles. The highest BCUT2D eigenvalue weighted by molar-refractivity contribution is 5.94. The molecule has 0 aliphatic rings. The van der Waals surface area contributed by atoms with E-state index in [1.165, 1.54) is 20.8 Å². The number of hydrogen-bond acceptors (Lipinski definition) is 7. The Morgan fingerprint density at radius 3 is 1.94 bits per heavy atom. The molecule has 1 aromatic carbocycles. The van der Waals surface area contributed by atoms with Crippen LogP contribution in [0.15, 0.2) is 30.3 Å². The summed E-state index contributed by atoms with van der Waals surface area (Å²) in [6, 6.07) is 3.58. The molecule has 0 aliphatic carbocycles. The molecule has 172 valence electrons. The molecule has 0 saturated carbocycles. The summed E-state index contributed by atoms with van der Waals surface area (Å²) in [5.74, 6) is -3.73. The van der Waals surface area contributed by atoms with Gasteiger partial charge in [0.05, 0.1) is 12.2 Å². The molecule has 6 unspecified atom stereocenters. The fourth-order valence-corrected chi connectivity index (χ4v) is 2.59. The fraction of sp³-hybridized carbons (Fsp3) is 0.500. The van der Waals surface area contributed by atoms with Crippen LogP contribution >= 0.6 is 0 Å². The highest BCUT2D eigenvalue weighted by atomic mass is 16.4. The zero-order valence-electron chi connectivity index (χ0n) is 17.6. The lowest BCUT2D eigenvalue weighted by Gasteiger charge is -2.25. The minimum atomic E-state index is -1.44. The minimum absolute atomic E-state index is 0.0478. The Hall–Kier alpha value is -3.02. The number of carbonyl (C=O) groups excluding carboxylic acids is 3. The van der Waals surface area contributed by atoms with Crippen LogP contribution in [0.5, 0.6) is 0 Å². The second-order valence-electron chi connectivity index (χ2n) is 7.31. The zero-order valence-corrected chi connectivity index (χ0v) is 17.6. The molecule has 1 aromatic rings. The molecule has 6 atom stereocenters. The molecule has 1 rings (SSSR count). The Balaban J connectivity index is 2.75. The van der Waals surface area contributed by atoms with Gasteiger partial charge in [0.25, 0.3) is 0 Å². The predicted molar refractivity (Wildman–Crippen MR) is 111 cm³/mol. The number of carbonyl (C=O) groups is 4. The van der Waals surface area contributed by atoms with Crippen molar-refractivity contribution in [3.63, 3.8) is 0 Å². The van der Waals surface area contributed by atoms with Gasteiger partial charge in [-0.15, -0.1) is 0 Å². The monoisotopic (exact) mass is 438 g/mol. The van der Waals surface area contributed by atoms with E-state index in [4.69, 9.17) is 5.73 Å². The second kappa shape index (κ2) is 12.0. The first kappa shape index (κ1) is 26.0. The number of aliphatic carboxylic acids is 1. The normalized spacial score (nSPS) is 16.7. The second-order valence-corrected chi connectivity index (χ2v) is 7.31. The van der Waals surface area contributed by atoms with Gasteiger partial charge in [0.15, 0.2) is 0 Å². The van der Waals surface area contributed by atoms with Crippen molar-refractivity contribution in [3.05, 3.63) is 35.9 Å². The third-order valence-corrected chi connectivity index (χ3v) is 4.53. The quantitative estimate of drug-likeness (QED) is 0.204. The van der Waals surface area contributed by atoms with E-state index in [1.807, 2.05) is 0 Å². The van der Waals surface area contributed by atoms with Crippen molar-refractivity contribution in [2.24, 2.45) is 5.73 Å². The molecular formula is C20H30N4O7. The van der Waals surface area contributed by atoms with Crippen LogP contribution in [0.3, 0.4) is 0 Å². The number of rotatable bonds is 11. The van der Waals surface area contributed by atoms with Crippen LogP contribution < -0.4 is 21.7 Å². The molecule has 0 fully saturated rings. The van der Waals surface area contributed by atoms with Crippen LogP contribution in [-0.2, 0) is 25.6 Å². The maximum absolute atomic E-state index is 12.5. The van der Waals surface area contributed by atoms with Crippen molar-refractivity contribution in [1.82, 2.24) is 16.0 Å². The number of aliphatic hydroxyl groups excluding tert-OH is 2. The summed E-state index contributed by atoms with van der Waals surface area (Å²) in [6.45, 7) is 3.88. The SMILES string of the molecule is CC(NC(=O)C(NC(=O)C(N)C(C)O)C(C)O)C(=O)NC(Cc1ccccc1)C(=O)O. The number of aliphatic hydroxyl groups is 2. The lowest BCUT2D eigenvalue weighted by Crippen LogP contribution is -2.60. The summed E-state index contributed by atoms with van der Waals surface area (Å²) in [5, 5.41) is 35.5. The Bertz CT molecular complexity index is 770. The largest absolute Gasteiger partial charge is 0.480 e. The molecule has 11 nitrogen and oxygen atoms in total.